The van der Waals surface area contributed by atoms with Gasteiger partial charge in [0.05, 0.1) is 0 Å². The molecule has 0 aromatic rings. The lowest BCUT2D eigenvalue weighted by Crippen LogP contribution is -2.48. The summed E-state index contributed by atoms with van der Waals surface area (Å²) in [7, 11) is 0. The maximum Gasteiger partial charge on any atom is 0.320 e. The minimum absolute atomic E-state index is 0.0738. The highest BCUT2D eigenvalue weighted by molar-refractivity contribution is 5.75. The molecule has 1 unspecified atom stereocenters. The van der Waals surface area contributed by atoms with E-state index in [9.17, 15) is 9.59 Å². The van der Waals surface area contributed by atoms with E-state index in [2.05, 4.69) is 6.92 Å². The van der Waals surface area contributed by atoms with Crippen molar-refractivity contribution in [2.24, 2.45) is 0 Å². The summed E-state index contributed by atoms with van der Waals surface area (Å²) in [4.78, 5) is 26.9. The second-order valence-electron chi connectivity index (χ2n) is 5.46. The SMILES string of the molecule is CCC1CCCN1C(=O)N(CCCC(=O)O)C(C)C. The number of carboxylic acid groups (broad SMARTS) is 1. The fraction of sp³-hybridized carbons (Fsp3) is 0.857. The molecule has 1 saturated heterocycles. The van der Waals surface area contributed by atoms with Crippen LogP contribution in [-0.4, -0.2) is 52.1 Å². The van der Waals surface area contributed by atoms with Gasteiger partial charge in [-0.3, -0.25) is 4.79 Å². The fourth-order valence-electron chi connectivity index (χ4n) is 2.65. The summed E-state index contributed by atoms with van der Waals surface area (Å²) in [6.45, 7) is 7.43. The number of carbonyl (C=O) groups is 2. The lowest BCUT2D eigenvalue weighted by atomic mass is 10.2. The van der Waals surface area contributed by atoms with Crippen LogP contribution in [0.4, 0.5) is 4.79 Å². The Kier molecular flexibility index (Phi) is 6.12. The molecule has 0 spiro atoms. The second kappa shape index (κ2) is 7.36. The highest BCUT2D eigenvalue weighted by atomic mass is 16.4. The Balaban J connectivity index is 2.59. The molecule has 0 aliphatic carbocycles. The minimum atomic E-state index is -0.802. The van der Waals surface area contributed by atoms with Crippen LogP contribution >= 0.6 is 0 Å². The van der Waals surface area contributed by atoms with Crippen molar-refractivity contribution in [2.45, 2.75) is 65.0 Å². The van der Waals surface area contributed by atoms with Crippen LogP contribution < -0.4 is 0 Å². The third kappa shape index (κ3) is 4.40. The van der Waals surface area contributed by atoms with E-state index in [4.69, 9.17) is 5.11 Å². The van der Waals surface area contributed by atoms with Gasteiger partial charge >= 0.3 is 12.0 Å². The average Bonchev–Trinajstić information content (AvgIpc) is 2.81. The molecule has 1 N–H and O–H groups in total. The van der Waals surface area contributed by atoms with Crippen LogP contribution in [-0.2, 0) is 4.79 Å². The Labute approximate surface area is 115 Å². The third-order valence-electron chi connectivity index (χ3n) is 3.75. The Hall–Kier alpha value is -1.26. The molecule has 1 rings (SSSR count). The van der Waals surface area contributed by atoms with E-state index in [1.54, 1.807) is 4.90 Å². The lowest BCUT2D eigenvalue weighted by Gasteiger charge is -2.34. The van der Waals surface area contributed by atoms with Crippen molar-refractivity contribution in [1.29, 1.82) is 0 Å². The van der Waals surface area contributed by atoms with Crippen LogP contribution in [0.1, 0.15) is 52.9 Å². The first-order valence-corrected chi connectivity index (χ1v) is 7.26. The molecule has 1 heterocycles. The molecule has 0 bridgehead atoms. The first kappa shape index (κ1) is 15.8. The summed E-state index contributed by atoms with van der Waals surface area (Å²) in [5, 5.41) is 8.68. The maximum absolute atomic E-state index is 12.5. The third-order valence-corrected chi connectivity index (χ3v) is 3.75. The maximum atomic E-state index is 12.5. The van der Waals surface area contributed by atoms with Gasteiger partial charge in [-0.15, -0.1) is 0 Å². The predicted molar refractivity (Wildman–Crippen MR) is 74.1 cm³/mol. The predicted octanol–water partition coefficient (Wildman–Crippen LogP) is 2.56. The highest BCUT2D eigenvalue weighted by Gasteiger charge is 2.31. The summed E-state index contributed by atoms with van der Waals surface area (Å²) in [5.41, 5.74) is 0. The smallest absolute Gasteiger partial charge is 0.320 e. The van der Waals surface area contributed by atoms with Crippen molar-refractivity contribution in [1.82, 2.24) is 9.80 Å². The number of rotatable bonds is 6. The molecule has 110 valence electrons. The molecular weight excluding hydrogens is 244 g/mol. The molecule has 1 aliphatic heterocycles. The first-order valence-electron chi connectivity index (χ1n) is 7.26. The number of carboxylic acids is 1. The number of hydrogen-bond acceptors (Lipinski definition) is 2. The Bertz CT molecular complexity index is 318. The van der Waals surface area contributed by atoms with Crippen molar-refractivity contribution in [3.63, 3.8) is 0 Å². The number of carbonyl (C=O) groups excluding carboxylic acids is 1. The summed E-state index contributed by atoms with van der Waals surface area (Å²) < 4.78 is 0. The van der Waals surface area contributed by atoms with E-state index >= 15 is 0 Å². The topological polar surface area (TPSA) is 60.9 Å². The average molecular weight is 270 g/mol. The van der Waals surface area contributed by atoms with Crippen molar-refractivity contribution in [2.75, 3.05) is 13.1 Å². The van der Waals surface area contributed by atoms with Gasteiger partial charge in [0, 0.05) is 31.6 Å². The number of urea groups is 1. The van der Waals surface area contributed by atoms with Gasteiger partial charge in [0.2, 0.25) is 0 Å². The molecule has 5 nitrogen and oxygen atoms in total. The number of hydrogen-bond donors (Lipinski definition) is 1. The van der Waals surface area contributed by atoms with E-state index in [0.29, 0.717) is 19.0 Å². The van der Waals surface area contributed by atoms with Crippen molar-refractivity contribution < 1.29 is 14.7 Å². The lowest BCUT2D eigenvalue weighted by molar-refractivity contribution is -0.137. The molecule has 0 radical (unpaired) electrons. The molecule has 2 amide bonds. The molecule has 1 atom stereocenters. The van der Waals surface area contributed by atoms with Crippen molar-refractivity contribution in [3.8, 4) is 0 Å². The van der Waals surface area contributed by atoms with Gasteiger partial charge in [-0.2, -0.15) is 0 Å². The summed E-state index contributed by atoms with van der Waals surface area (Å²) in [6.07, 6.45) is 3.79. The fourth-order valence-corrected chi connectivity index (χ4v) is 2.65. The molecular formula is C14H26N2O3. The molecule has 1 fully saturated rings. The van der Waals surface area contributed by atoms with Crippen LogP contribution in [0.25, 0.3) is 0 Å². The minimum Gasteiger partial charge on any atom is -0.481 e. The normalized spacial score (nSPS) is 18.9. The van der Waals surface area contributed by atoms with E-state index < -0.39 is 5.97 Å². The molecule has 0 saturated carbocycles. The van der Waals surface area contributed by atoms with Gasteiger partial charge in [0.1, 0.15) is 0 Å². The molecule has 5 heteroatoms. The largest absolute Gasteiger partial charge is 0.481 e. The van der Waals surface area contributed by atoms with Gasteiger partial charge in [0.15, 0.2) is 0 Å². The molecule has 0 aromatic heterocycles. The van der Waals surface area contributed by atoms with Crippen LogP contribution in [0.5, 0.6) is 0 Å². The zero-order chi connectivity index (χ0) is 14.4. The van der Waals surface area contributed by atoms with Gasteiger partial charge in [-0.05, 0) is 39.5 Å². The second-order valence-corrected chi connectivity index (χ2v) is 5.46. The monoisotopic (exact) mass is 270 g/mol. The quantitative estimate of drug-likeness (QED) is 0.807. The molecule has 1 aliphatic rings. The van der Waals surface area contributed by atoms with E-state index in [0.717, 1.165) is 25.8 Å². The van der Waals surface area contributed by atoms with Gasteiger partial charge in [-0.1, -0.05) is 6.92 Å². The molecule has 19 heavy (non-hydrogen) atoms. The zero-order valence-electron chi connectivity index (χ0n) is 12.3. The Morgan fingerprint density at radius 3 is 2.63 bits per heavy atom. The van der Waals surface area contributed by atoms with Gasteiger partial charge in [-0.25, -0.2) is 4.79 Å². The van der Waals surface area contributed by atoms with E-state index in [1.165, 1.54) is 0 Å². The number of nitrogens with zero attached hydrogens (tertiary/aromatic N) is 2. The highest BCUT2D eigenvalue weighted by Crippen LogP contribution is 2.22. The summed E-state index contributed by atoms with van der Waals surface area (Å²) in [5.74, 6) is -0.802. The van der Waals surface area contributed by atoms with E-state index in [1.807, 2.05) is 18.7 Å². The van der Waals surface area contributed by atoms with Crippen LogP contribution in [0.2, 0.25) is 0 Å². The molecule has 0 aromatic carbocycles. The summed E-state index contributed by atoms with van der Waals surface area (Å²) in [6, 6.07) is 0.539. The van der Waals surface area contributed by atoms with Crippen LogP contribution in [0.3, 0.4) is 0 Å². The van der Waals surface area contributed by atoms with Gasteiger partial charge in [0.25, 0.3) is 0 Å². The van der Waals surface area contributed by atoms with Crippen molar-refractivity contribution >= 4 is 12.0 Å². The number of likely N-dealkylation sites (tertiary alicyclic amines) is 1. The Morgan fingerprint density at radius 2 is 2.11 bits per heavy atom. The van der Waals surface area contributed by atoms with E-state index in [-0.39, 0.29) is 18.5 Å². The summed E-state index contributed by atoms with van der Waals surface area (Å²) >= 11 is 0. The van der Waals surface area contributed by atoms with Crippen LogP contribution in [0.15, 0.2) is 0 Å². The standard InChI is InChI=1S/C14H26N2O3/c1-4-12-7-5-10-16(12)14(19)15(11(2)3)9-6-8-13(17)18/h11-12H,4-10H2,1-3H3,(H,17,18). The van der Waals surface area contributed by atoms with Crippen LogP contribution in [0, 0.1) is 0 Å². The first-order chi connectivity index (χ1) is 8.97. The zero-order valence-corrected chi connectivity index (χ0v) is 12.3. The number of amides is 2. The van der Waals surface area contributed by atoms with Gasteiger partial charge < -0.3 is 14.9 Å². The Morgan fingerprint density at radius 1 is 1.42 bits per heavy atom. The number of aliphatic carboxylic acids is 1. The van der Waals surface area contributed by atoms with Crippen molar-refractivity contribution in [3.05, 3.63) is 0 Å².